The zero-order chi connectivity index (χ0) is 19.9. The van der Waals surface area contributed by atoms with Crippen LogP contribution in [-0.4, -0.2) is 38.6 Å². The summed E-state index contributed by atoms with van der Waals surface area (Å²) >= 11 is 1.60. The highest BCUT2D eigenvalue weighted by Crippen LogP contribution is 2.64. The normalized spacial score (nSPS) is 26.2. The monoisotopic (exact) mass is 414 g/mol. The average Bonchev–Trinajstić information content (AvgIpc) is 3.06. The molecular formula is C21H22N2O3S2. The van der Waals surface area contributed by atoms with E-state index in [1.807, 2.05) is 52.8 Å². The van der Waals surface area contributed by atoms with E-state index in [1.165, 1.54) is 0 Å². The second kappa shape index (κ2) is 6.90. The molecule has 146 valence electrons. The number of benzene rings is 1. The van der Waals surface area contributed by atoms with Gasteiger partial charge in [0.15, 0.2) is 0 Å². The minimum absolute atomic E-state index is 0.0334. The molecule has 0 spiro atoms. The van der Waals surface area contributed by atoms with Crippen molar-refractivity contribution >= 4 is 39.0 Å². The van der Waals surface area contributed by atoms with Gasteiger partial charge in [-0.1, -0.05) is 24.3 Å². The Kier molecular flexibility index (Phi) is 4.67. The maximum Gasteiger partial charge on any atom is 0.246 e. The van der Waals surface area contributed by atoms with Gasteiger partial charge in [0.2, 0.25) is 15.9 Å². The standard InChI is InChI=1S/C21H22N2O3S2/c1-3-21(15-6-4-7-16(12-15)22-28(2,25)26)18-13-23(14-19(18)21)20(24)10-9-17-8-5-11-27-17/h3-12,18-19,22H,1,13-14H2,2H3/b10-9+. The van der Waals surface area contributed by atoms with Gasteiger partial charge < -0.3 is 4.90 Å². The summed E-state index contributed by atoms with van der Waals surface area (Å²) in [6, 6.07) is 11.4. The van der Waals surface area contributed by atoms with Crippen molar-refractivity contribution in [3.8, 4) is 0 Å². The van der Waals surface area contributed by atoms with E-state index in [0.717, 1.165) is 16.7 Å². The number of nitrogens with zero attached hydrogens (tertiary/aromatic N) is 1. The summed E-state index contributed by atoms with van der Waals surface area (Å²) in [7, 11) is -3.32. The molecule has 1 N–H and O–H groups in total. The van der Waals surface area contributed by atoms with Gasteiger partial charge in [-0.15, -0.1) is 17.9 Å². The van der Waals surface area contributed by atoms with Gasteiger partial charge in [-0.2, -0.15) is 0 Å². The summed E-state index contributed by atoms with van der Waals surface area (Å²) in [5.41, 5.74) is 1.41. The Labute approximate surface area is 169 Å². The summed E-state index contributed by atoms with van der Waals surface area (Å²) in [6.07, 6.45) is 6.61. The quantitative estimate of drug-likeness (QED) is 0.582. The highest BCUT2D eigenvalue weighted by Gasteiger charge is 2.67. The third-order valence-electron chi connectivity index (χ3n) is 5.69. The summed E-state index contributed by atoms with van der Waals surface area (Å²) in [5, 5.41) is 1.99. The SMILES string of the molecule is C=CC1(c2cccc(NS(C)(=O)=O)c2)C2CN(C(=O)/C=C/c3cccs3)CC21. The van der Waals surface area contributed by atoms with Crippen LogP contribution in [0.25, 0.3) is 6.08 Å². The lowest BCUT2D eigenvalue weighted by molar-refractivity contribution is -0.125. The van der Waals surface area contributed by atoms with E-state index in [0.29, 0.717) is 30.6 Å². The number of hydrogen-bond donors (Lipinski definition) is 1. The number of carbonyl (C=O) groups is 1. The lowest BCUT2D eigenvalue weighted by Gasteiger charge is -2.24. The van der Waals surface area contributed by atoms with E-state index >= 15 is 0 Å². The van der Waals surface area contributed by atoms with E-state index < -0.39 is 10.0 Å². The molecule has 1 aliphatic heterocycles. The molecule has 2 aliphatic rings. The van der Waals surface area contributed by atoms with E-state index in [2.05, 4.69) is 11.3 Å². The first-order chi connectivity index (χ1) is 13.3. The lowest BCUT2D eigenvalue weighted by Crippen LogP contribution is -2.33. The largest absolute Gasteiger partial charge is 0.338 e. The van der Waals surface area contributed by atoms with Crippen LogP contribution in [0.4, 0.5) is 5.69 Å². The molecule has 28 heavy (non-hydrogen) atoms. The average molecular weight is 415 g/mol. The van der Waals surface area contributed by atoms with Crippen molar-refractivity contribution < 1.29 is 13.2 Å². The topological polar surface area (TPSA) is 66.5 Å². The molecular weight excluding hydrogens is 392 g/mol. The Hall–Kier alpha value is -2.38. The second-order valence-corrected chi connectivity index (χ2v) is 10.1. The Morgan fingerprint density at radius 3 is 2.64 bits per heavy atom. The maximum absolute atomic E-state index is 12.5. The molecule has 2 heterocycles. The van der Waals surface area contributed by atoms with Crippen molar-refractivity contribution in [1.82, 2.24) is 4.90 Å². The van der Waals surface area contributed by atoms with Crippen molar-refractivity contribution in [2.24, 2.45) is 11.8 Å². The molecule has 1 saturated heterocycles. The van der Waals surface area contributed by atoms with Gasteiger partial charge in [-0.25, -0.2) is 8.42 Å². The minimum atomic E-state index is -3.32. The molecule has 1 saturated carbocycles. The van der Waals surface area contributed by atoms with Crippen LogP contribution in [0, 0.1) is 11.8 Å². The van der Waals surface area contributed by atoms with Crippen molar-refractivity contribution in [3.63, 3.8) is 0 Å². The van der Waals surface area contributed by atoms with Crippen LogP contribution in [0.2, 0.25) is 0 Å². The molecule has 2 unspecified atom stereocenters. The van der Waals surface area contributed by atoms with Gasteiger partial charge in [-0.05, 0) is 47.1 Å². The van der Waals surface area contributed by atoms with Crippen LogP contribution < -0.4 is 4.72 Å². The first-order valence-corrected chi connectivity index (χ1v) is 11.8. The molecule has 1 aromatic heterocycles. The van der Waals surface area contributed by atoms with E-state index in [1.54, 1.807) is 23.5 Å². The number of fused-ring (bicyclic) bond motifs is 1. The van der Waals surface area contributed by atoms with E-state index in [4.69, 9.17) is 0 Å². The molecule has 0 bridgehead atoms. The van der Waals surface area contributed by atoms with Gasteiger partial charge in [0, 0.05) is 35.1 Å². The van der Waals surface area contributed by atoms with Crippen molar-refractivity contribution in [1.29, 1.82) is 0 Å². The molecule has 1 aromatic carbocycles. The number of rotatable bonds is 6. The lowest BCUT2D eigenvalue weighted by atomic mass is 9.90. The van der Waals surface area contributed by atoms with Crippen LogP contribution in [0.1, 0.15) is 10.4 Å². The Morgan fingerprint density at radius 1 is 1.29 bits per heavy atom. The van der Waals surface area contributed by atoms with Crippen molar-refractivity contribution in [3.05, 3.63) is 70.9 Å². The number of carbonyl (C=O) groups excluding carboxylic acids is 1. The molecule has 1 aliphatic carbocycles. The molecule has 4 rings (SSSR count). The Balaban J connectivity index is 1.47. The summed E-state index contributed by atoms with van der Waals surface area (Å²) in [6.45, 7) is 5.42. The van der Waals surface area contributed by atoms with Crippen LogP contribution in [0.5, 0.6) is 0 Å². The molecule has 1 amide bonds. The molecule has 2 atom stereocenters. The zero-order valence-corrected chi connectivity index (χ0v) is 17.2. The Morgan fingerprint density at radius 2 is 2.04 bits per heavy atom. The summed E-state index contributed by atoms with van der Waals surface area (Å²) in [5.74, 6) is 0.668. The van der Waals surface area contributed by atoms with Gasteiger partial charge >= 0.3 is 0 Å². The third kappa shape index (κ3) is 3.40. The van der Waals surface area contributed by atoms with Gasteiger partial charge in [0.1, 0.15) is 0 Å². The molecule has 2 fully saturated rings. The van der Waals surface area contributed by atoms with Crippen LogP contribution >= 0.6 is 11.3 Å². The Bertz CT molecular complexity index is 1030. The summed E-state index contributed by atoms with van der Waals surface area (Å²) < 4.78 is 25.6. The fraction of sp³-hybridized carbons (Fsp3) is 0.286. The van der Waals surface area contributed by atoms with E-state index in [9.17, 15) is 13.2 Å². The molecule has 0 radical (unpaired) electrons. The number of amides is 1. The first-order valence-electron chi connectivity index (χ1n) is 9.06. The van der Waals surface area contributed by atoms with Crippen LogP contribution in [0.3, 0.4) is 0 Å². The molecule has 7 heteroatoms. The number of nitrogens with one attached hydrogen (secondary N) is 1. The first kappa shape index (κ1) is 19.0. The predicted molar refractivity (Wildman–Crippen MR) is 114 cm³/mol. The second-order valence-electron chi connectivity index (χ2n) is 7.40. The number of anilines is 1. The third-order valence-corrected chi connectivity index (χ3v) is 7.13. The van der Waals surface area contributed by atoms with Gasteiger partial charge in [0.05, 0.1) is 6.26 Å². The van der Waals surface area contributed by atoms with Crippen LogP contribution in [0.15, 0.2) is 60.5 Å². The number of likely N-dealkylation sites (tertiary alicyclic amines) is 1. The van der Waals surface area contributed by atoms with Gasteiger partial charge in [-0.3, -0.25) is 9.52 Å². The zero-order valence-electron chi connectivity index (χ0n) is 15.5. The number of sulfonamides is 1. The van der Waals surface area contributed by atoms with Gasteiger partial charge in [0.25, 0.3) is 0 Å². The highest BCUT2D eigenvalue weighted by atomic mass is 32.2. The number of hydrogen-bond acceptors (Lipinski definition) is 4. The highest BCUT2D eigenvalue weighted by molar-refractivity contribution is 7.92. The maximum atomic E-state index is 12.5. The number of piperidine rings is 1. The fourth-order valence-corrected chi connectivity index (χ4v) is 5.58. The molecule has 2 aromatic rings. The predicted octanol–water partition coefficient (Wildman–Crippen LogP) is 3.35. The van der Waals surface area contributed by atoms with Crippen LogP contribution in [-0.2, 0) is 20.2 Å². The smallest absolute Gasteiger partial charge is 0.246 e. The van der Waals surface area contributed by atoms with E-state index in [-0.39, 0.29) is 11.3 Å². The minimum Gasteiger partial charge on any atom is -0.338 e. The molecule has 5 nitrogen and oxygen atoms in total. The number of allylic oxidation sites excluding steroid dienone is 1. The number of thiophene rings is 1. The van der Waals surface area contributed by atoms with Crippen molar-refractivity contribution in [2.75, 3.05) is 24.1 Å². The summed E-state index contributed by atoms with van der Waals surface area (Å²) in [4.78, 5) is 15.4. The van der Waals surface area contributed by atoms with Crippen molar-refractivity contribution in [2.45, 2.75) is 5.41 Å². The fourth-order valence-electron chi connectivity index (χ4n) is 4.41.